The second-order valence-corrected chi connectivity index (χ2v) is 9.95. The number of sulfonamides is 1. The van der Waals surface area contributed by atoms with Gasteiger partial charge in [0.1, 0.15) is 6.07 Å². The molecule has 0 N–H and O–H groups in total. The van der Waals surface area contributed by atoms with Crippen LogP contribution in [-0.2, 0) is 23.1 Å². The maximum absolute atomic E-state index is 13.2. The molecule has 0 aliphatic carbocycles. The summed E-state index contributed by atoms with van der Waals surface area (Å²) in [6, 6.07) is 25.3. The van der Waals surface area contributed by atoms with Crippen LogP contribution in [0.1, 0.15) is 16.7 Å². The molecule has 1 heterocycles. The molecule has 3 aromatic carbocycles. The molecule has 0 aliphatic heterocycles. The number of nitriles is 1. The van der Waals surface area contributed by atoms with Crippen molar-refractivity contribution in [2.75, 3.05) is 7.05 Å². The second-order valence-electron chi connectivity index (χ2n) is 7.53. The van der Waals surface area contributed by atoms with E-state index in [0.717, 1.165) is 16.7 Å². The van der Waals surface area contributed by atoms with E-state index in [1.165, 1.54) is 23.5 Å². The van der Waals surface area contributed by atoms with E-state index >= 15 is 0 Å². The van der Waals surface area contributed by atoms with Gasteiger partial charge in [-0.15, -0.1) is 0 Å². The van der Waals surface area contributed by atoms with E-state index in [0.29, 0.717) is 17.3 Å². The monoisotopic (exact) mass is 476 g/mol. The van der Waals surface area contributed by atoms with Gasteiger partial charge in [0.25, 0.3) is 0 Å². The normalized spacial score (nSPS) is 11.5. The van der Waals surface area contributed by atoms with Crippen LogP contribution in [-0.4, -0.2) is 29.6 Å². The lowest BCUT2D eigenvalue weighted by Gasteiger charge is -2.18. The minimum atomic E-state index is -3.88. The third-order valence-corrected chi connectivity index (χ3v) is 7.49. The molecule has 4 aromatic rings. The van der Waals surface area contributed by atoms with Gasteiger partial charge in [0.15, 0.2) is 0 Å². The first-order valence-corrected chi connectivity index (χ1v) is 12.0. The average molecular weight is 477 g/mol. The van der Waals surface area contributed by atoms with Crippen molar-refractivity contribution in [1.29, 1.82) is 5.26 Å². The fourth-order valence-electron chi connectivity index (χ4n) is 3.58. The van der Waals surface area contributed by atoms with Gasteiger partial charge in [0.2, 0.25) is 10.0 Å². The van der Waals surface area contributed by atoms with Crippen LogP contribution in [0.4, 0.5) is 0 Å². The lowest BCUT2D eigenvalue weighted by molar-refractivity contribution is 0.466. The minimum Gasteiger partial charge on any atom is -0.267 e. The molecule has 4 rings (SSSR count). The van der Waals surface area contributed by atoms with Crippen molar-refractivity contribution >= 4 is 21.6 Å². The van der Waals surface area contributed by atoms with Gasteiger partial charge < -0.3 is 0 Å². The molecule has 0 bridgehead atoms. The van der Waals surface area contributed by atoms with Crippen molar-refractivity contribution in [3.63, 3.8) is 0 Å². The quantitative estimate of drug-likeness (QED) is 0.378. The molecule has 8 heteroatoms. The fraction of sp³-hybridized carbons (Fsp3) is 0.120. The molecule has 0 unspecified atom stereocenters. The Kier molecular flexibility index (Phi) is 6.61. The Hall–Kier alpha value is -3.44. The first-order valence-electron chi connectivity index (χ1n) is 10.2. The van der Waals surface area contributed by atoms with E-state index in [1.807, 2.05) is 66.9 Å². The number of halogens is 1. The Morgan fingerprint density at radius 1 is 0.970 bits per heavy atom. The maximum atomic E-state index is 13.2. The summed E-state index contributed by atoms with van der Waals surface area (Å²) >= 11 is 6.32. The van der Waals surface area contributed by atoms with Crippen LogP contribution in [0.25, 0.3) is 11.3 Å². The van der Waals surface area contributed by atoms with Gasteiger partial charge in [0, 0.05) is 35.9 Å². The zero-order valence-corrected chi connectivity index (χ0v) is 19.5. The summed E-state index contributed by atoms with van der Waals surface area (Å²) in [6.45, 7) is 0.544. The van der Waals surface area contributed by atoms with E-state index in [4.69, 9.17) is 16.7 Å². The topological polar surface area (TPSA) is 79.0 Å². The highest BCUT2D eigenvalue weighted by atomic mass is 35.5. The molecular formula is C25H21ClN4O2S. The predicted molar refractivity (Wildman–Crippen MR) is 128 cm³/mol. The van der Waals surface area contributed by atoms with Crippen molar-refractivity contribution in [2.24, 2.45) is 0 Å². The fourth-order valence-corrected chi connectivity index (χ4v) is 5.06. The molecule has 0 atom stereocenters. The lowest BCUT2D eigenvalue weighted by atomic mass is 10.1. The van der Waals surface area contributed by atoms with Gasteiger partial charge in [-0.2, -0.15) is 14.7 Å². The maximum Gasteiger partial charge on any atom is 0.244 e. The molecule has 0 fully saturated rings. The van der Waals surface area contributed by atoms with Crippen molar-refractivity contribution in [3.05, 3.63) is 107 Å². The Labute approximate surface area is 198 Å². The van der Waals surface area contributed by atoms with Gasteiger partial charge in [0.05, 0.1) is 22.7 Å². The summed E-state index contributed by atoms with van der Waals surface area (Å²) in [6.07, 6.45) is 1.84. The molecule has 0 aliphatic rings. The SMILES string of the molecule is CN(Cc1cn(Cc2ccccc2Cl)nc1-c1ccccc1)S(=O)(=O)c1ccccc1C#N. The summed E-state index contributed by atoms with van der Waals surface area (Å²) in [4.78, 5) is -0.0141. The van der Waals surface area contributed by atoms with E-state index in [1.54, 1.807) is 16.8 Å². The molecule has 6 nitrogen and oxygen atoms in total. The highest BCUT2D eigenvalue weighted by Crippen LogP contribution is 2.27. The summed E-state index contributed by atoms with van der Waals surface area (Å²) in [5.41, 5.74) is 3.35. The van der Waals surface area contributed by atoms with Crippen LogP contribution in [0.3, 0.4) is 0 Å². The van der Waals surface area contributed by atoms with Crippen molar-refractivity contribution in [1.82, 2.24) is 14.1 Å². The van der Waals surface area contributed by atoms with Crippen LogP contribution in [0.15, 0.2) is 90.0 Å². The number of hydrogen-bond acceptors (Lipinski definition) is 4. The Bertz CT molecular complexity index is 1430. The van der Waals surface area contributed by atoms with Gasteiger partial charge in [-0.25, -0.2) is 8.42 Å². The molecule has 0 saturated heterocycles. The third kappa shape index (κ3) is 4.83. The average Bonchev–Trinajstić information content (AvgIpc) is 3.23. The van der Waals surface area contributed by atoms with E-state index < -0.39 is 10.0 Å². The molecule has 0 spiro atoms. The summed E-state index contributed by atoms with van der Waals surface area (Å²) < 4.78 is 29.5. The summed E-state index contributed by atoms with van der Waals surface area (Å²) in [7, 11) is -2.38. The first kappa shape index (κ1) is 22.7. The number of hydrogen-bond donors (Lipinski definition) is 0. The number of nitrogens with zero attached hydrogens (tertiary/aromatic N) is 4. The highest BCUT2D eigenvalue weighted by Gasteiger charge is 2.26. The lowest BCUT2D eigenvalue weighted by Crippen LogP contribution is -2.27. The first-order chi connectivity index (χ1) is 15.9. The third-order valence-electron chi connectivity index (χ3n) is 5.26. The zero-order chi connectivity index (χ0) is 23.4. The highest BCUT2D eigenvalue weighted by molar-refractivity contribution is 7.89. The zero-order valence-electron chi connectivity index (χ0n) is 17.9. The van der Waals surface area contributed by atoms with Gasteiger partial charge in [-0.3, -0.25) is 4.68 Å². The Morgan fingerprint density at radius 3 is 2.36 bits per heavy atom. The van der Waals surface area contributed by atoms with E-state index in [9.17, 15) is 13.7 Å². The molecule has 1 aromatic heterocycles. The minimum absolute atomic E-state index is 0.0141. The Morgan fingerprint density at radius 2 is 1.64 bits per heavy atom. The van der Waals surface area contributed by atoms with Crippen LogP contribution in [0.2, 0.25) is 5.02 Å². The van der Waals surface area contributed by atoms with Crippen LogP contribution in [0, 0.1) is 11.3 Å². The molecule has 0 saturated carbocycles. The van der Waals surface area contributed by atoms with Crippen LogP contribution >= 0.6 is 11.6 Å². The smallest absolute Gasteiger partial charge is 0.244 e. The summed E-state index contributed by atoms with van der Waals surface area (Å²) in [5.74, 6) is 0. The van der Waals surface area contributed by atoms with Gasteiger partial charge in [-0.05, 0) is 23.8 Å². The Balaban J connectivity index is 1.71. The molecule has 166 valence electrons. The van der Waals surface area contributed by atoms with Crippen molar-refractivity contribution in [2.45, 2.75) is 18.0 Å². The molecular weight excluding hydrogens is 456 g/mol. The molecule has 0 amide bonds. The van der Waals surface area contributed by atoms with Gasteiger partial charge in [-0.1, -0.05) is 72.3 Å². The standard InChI is InChI=1S/C25H21ClN4O2S/c1-29(33(31,32)24-14-8-6-11-20(24)15-27)16-22-18-30(17-21-12-5-7-13-23(21)26)28-25(22)19-9-3-2-4-10-19/h2-14,18H,16-17H2,1H3. The van der Waals surface area contributed by atoms with Crippen molar-refractivity contribution < 1.29 is 8.42 Å². The number of rotatable bonds is 7. The van der Waals surface area contributed by atoms with Crippen LogP contribution < -0.4 is 0 Å². The second kappa shape index (κ2) is 9.59. The largest absolute Gasteiger partial charge is 0.267 e. The summed E-state index contributed by atoms with van der Waals surface area (Å²) in [5, 5.41) is 14.7. The van der Waals surface area contributed by atoms with Crippen molar-refractivity contribution in [3.8, 4) is 17.3 Å². The molecule has 33 heavy (non-hydrogen) atoms. The van der Waals surface area contributed by atoms with E-state index in [2.05, 4.69) is 0 Å². The number of benzene rings is 3. The predicted octanol–water partition coefficient (Wildman–Crippen LogP) is 4.94. The molecule has 0 radical (unpaired) electrons. The van der Waals surface area contributed by atoms with Crippen LogP contribution in [0.5, 0.6) is 0 Å². The van der Waals surface area contributed by atoms with E-state index in [-0.39, 0.29) is 17.0 Å². The van der Waals surface area contributed by atoms with Gasteiger partial charge >= 0.3 is 0 Å². The number of aromatic nitrogens is 2.